The molecule has 1 aromatic heterocycles. The molecule has 1 aliphatic heterocycles. The lowest BCUT2D eigenvalue weighted by molar-refractivity contribution is 0.142. The Hall–Kier alpha value is -2.04. The molecule has 7 nitrogen and oxygen atoms in total. The Morgan fingerprint density at radius 2 is 1.77 bits per heavy atom. The third-order valence-corrected chi connectivity index (χ3v) is 5.37. The third kappa shape index (κ3) is 4.19. The van der Waals surface area contributed by atoms with Crippen LogP contribution in [0.25, 0.3) is 0 Å². The maximum Gasteiger partial charge on any atom is 0.282 e. The highest BCUT2D eigenvalue weighted by molar-refractivity contribution is 7.89. The van der Waals surface area contributed by atoms with Gasteiger partial charge in [0.1, 0.15) is 5.69 Å². The SMILES string of the molecule is Cn1cc(CN2CCN(c3ccc(S(N)(=O)=O)cc3)CC2)c(C(F)F)n1. The van der Waals surface area contributed by atoms with Crippen LogP contribution in [0.5, 0.6) is 0 Å². The zero-order valence-corrected chi connectivity index (χ0v) is 15.2. The summed E-state index contributed by atoms with van der Waals surface area (Å²) in [6.07, 6.45) is -0.940. The fourth-order valence-electron chi connectivity index (χ4n) is 3.11. The largest absolute Gasteiger partial charge is 0.369 e. The van der Waals surface area contributed by atoms with Gasteiger partial charge in [-0.3, -0.25) is 9.58 Å². The molecule has 0 spiro atoms. The van der Waals surface area contributed by atoms with Crippen molar-refractivity contribution in [2.75, 3.05) is 31.1 Å². The molecule has 26 heavy (non-hydrogen) atoms. The number of sulfonamides is 1. The molecule has 0 bridgehead atoms. The van der Waals surface area contributed by atoms with Crippen LogP contribution in [0.3, 0.4) is 0 Å². The molecule has 1 fully saturated rings. The highest BCUT2D eigenvalue weighted by Gasteiger charge is 2.22. The number of anilines is 1. The van der Waals surface area contributed by atoms with Crippen molar-refractivity contribution in [1.29, 1.82) is 0 Å². The van der Waals surface area contributed by atoms with Gasteiger partial charge in [0.15, 0.2) is 0 Å². The van der Waals surface area contributed by atoms with Crippen LogP contribution in [0.4, 0.5) is 14.5 Å². The quantitative estimate of drug-likeness (QED) is 0.839. The number of piperazine rings is 1. The van der Waals surface area contributed by atoms with Crippen LogP contribution in [0.1, 0.15) is 17.7 Å². The number of hydrogen-bond acceptors (Lipinski definition) is 5. The highest BCUT2D eigenvalue weighted by atomic mass is 32.2. The Morgan fingerprint density at radius 3 is 2.31 bits per heavy atom. The van der Waals surface area contributed by atoms with Gasteiger partial charge in [-0.2, -0.15) is 5.10 Å². The number of benzene rings is 1. The predicted molar refractivity (Wildman–Crippen MR) is 93.5 cm³/mol. The van der Waals surface area contributed by atoms with Gasteiger partial charge in [-0.05, 0) is 24.3 Å². The summed E-state index contributed by atoms with van der Waals surface area (Å²) in [5.41, 5.74) is 1.30. The van der Waals surface area contributed by atoms with Crippen LogP contribution >= 0.6 is 0 Å². The van der Waals surface area contributed by atoms with Gasteiger partial charge in [-0.1, -0.05) is 0 Å². The first-order chi connectivity index (χ1) is 12.2. The van der Waals surface area contributed by atoms with E-state index in [-0.39, 0.29) is 10.6 Å². The molecule has 2 aromatic rings. The average Bonchev–Trinajstić information content (AvgIpc) is 2.95. The molecule has 3 rings (SSSR count). The first-order valence-corrected chi connectivity index (χ1v) is 9.69. The van der Waals surface area contributed by atoms with E-state index in [2.05, 4.69) is 14.9 Å². The van der Waals surface area contributed by atoms with Crippen molar-refractivity contribution in [1.82, 2.24) is 14.7 Å². The summed E-state index contributed by atoms with van der Waals surface area (Å²) >= 11 is 0. The van der Waals surface area contributed by atoms with E-state index in [0.717, 1.165) is 18.8 Å². The van der Waals surface area contributed by atoms with Gasteiger partial charge < -0.3 is 4.90 Å². The van der Waals surface area contributed by atoms with E-state index in [0.29, 0.717) is 25.2 Å². The normalized spacial score (nSPS) is 16.4. The summed E-state index contributed by atoms with van der Waals surface area (Å²) in [4.78, 5) is 4.31. The fraction of sp³-hybridized carbons (Fsp3) is 0.438. The van der Waals surface area contributed by atoms with Gasteiger partial charge in [0.05, 0.1) is 4.90 Å². The number of nitrogens with zero attached hydrogens (tertiary/aromatic N) is 4. The second-order valence-corrected chi connectivity index (χ2v) is 7.88. The third-order valence-electron chi connectivity index (χ3n) is 4.44. The number of aromatic nitrogens is 2. The number of rotatable bonds is 5. The summed E-state index contributed by atoms with van der Waals surface area (Å²) in [6.45, 7) is 3.31. The van der Waals surface area contributed by atoms with Crippen LogP contribution in [-0.2, 0) is 23.6 Å². The topological polar surface area (TPSA) is 84.5 Å². The summed E-state index contributed by atoms with van der Waals surface area (Å²) < 4.78 is 50.1. The number of nitrogens with two attached hydrogens (primary N) is 1. The molecule has 0 unspecified atom stereocenters. The Balaban J connectivity index is 1.61. The Morgan fingerprint density at radius 1 is 1.15 bits per heavy atom. The molecule has 1 aliphatic rings. The molecule has 2 heterocycles. The second kappa shape index (κ2) is 7.29. The second-order valence-electron chi connectivity index (χ2n) is 6.32. The molecular formula is C16H21F2N5O2S. The molecule has 142 valence electrons. The lowest BCUT2D eigenvalue weighted by Gasteiger charge is -2.36. The van der Waals surface area contributed by atoms with Crippen LogP contribution in [0.15, 0.2) is 35.4 Å². The Kier molecular flexibility index (Phi) is 5.26. The minimum atomic E-state index is -3.70. The smallest absolute Gasteiger partial charge is 0.282 e. The Labute approximate surface area is 151 Å². The average molecular weight is 385 g/mol. The molecule has 0 aliphatic carbocycles. The van der Waals surface area contributed by atoms with Gasteiger partial charge in [0, 0.05) is 57.2 Å². The van der Waals surface area contributed by atoms with Gasteiger partial charge in [0.2, 0.25) is 10.0 Å². The monoisotopic (exact) mass is 385 g/mol. The first-order valence-electron chi connectivity index (χ1n) is 8.15. The van der Waals surface area contributed by atoms with Crippen LogP contribution in [-0.4, -0.2) is 49.3 Å². The standard InChI is InChI=1S/C16H21F2N5O2S/c1-21-10-12(15(20-21)16(17)18)11-22-6-8-23(9-7-22)13-2-4-14(5-3-13)26(19,24)25/h2-5,10,16H,6-9,11H2,1H3,(H2,19,24,25). The molecule has 0 saturated carbocycles. The van der Waals surface area contributed by atoms with Gasteiger partial charge >= 0.3 is 0 Å². The van der Waals surface area contributed by atoms with E-state index in [9.17, 15) is 17.2 Å². The first kappa shape index (κ1) is 18.7. The van der Waals surface area contributed by atoms with Gasteiger partial charge in [0.25, 0.3) is 6.43 Å². The zero-order valence-electron chi connectivity index (χ0n) is 14.3. The van der Waals surface area contributed by atoms with Crippen molar-refractivity contribution in [3.63, 3.8) is 0 Å². The van der Waals surface area contributed by atoms with E-state index >= 15 is 0 Å². The van der Waals surface area contributed by atoms with Crippen molar-refractivity contribution >= 4 is 15.7 Å². The molecule has 10 heteroatoms. The minimum absolute atomic E-state index is 0.0796. The molecule has 1 aromatic carbocycles. The van der Waals surface area contributed by atoms with E-state index in [4.69, 9.17) is 5.14 Å². The number of alkyl halides is 2. The van der Waals surface area contributed by atoms with Gasteiger partial charge in [-0.25, -0.2) is 22.3 Å². The van der Waals surface area contributed by atoms with Crippen molar-refractivity contribution in [2.45, 2.75) is 17.9 Å². The molecule has 0 amide bonds. The fourth-order valence-corrected chi connectivity index (χ4v) is 3.63. The highest BCUT2D eigenvalue weighted by Crippen LogP contribution is 2.24. The van der Waals surface area contributed by atoms with Crippen molar-refractivity contribution < 1.29 is 17.2 Å². The van der Waals surface area contributed by atoms with Crippen molar-refractivity contribution in [3.8, 4) is 0 Å². The summed E-state index contributed by atoms with van der Waals surface area (Å²) in [6, 6.07) is 6.43. The van der Waals surface area contributed by atoms with Crippen LogP contribution < -0.4 is 10.0 Å². The Bertz CT molecular complexity index is 859. The molecule has 2 N–H and O–H groups in total. The van der Waals surface area contributed by atoms with E-state index in [1.54, 1.807) is 25.4 Å². The van der Waals surface area contributed by atoms with E-state index in [1.165, 1.54) is 16.8 Å². The van der Waals surface area contributed by atoms with Crippen LogP contribution in [0.2, 0.25) is 0 Å². The maximum absolute atomic E-state index is 13.0. The number of hydrogen-bond donors (Lipinski definition) is 1. The number of aryl methyl sites for hydroxylation is 1. The minimum Gasteiger partial charge on any atom is -0.369 e. The van der Waals surface area contributed by atoms with Gasteiger partial charge in [-0.15, -0.1) is 0 Å². The lowest BCUT2D eigenvalue weighted by Crippen LogP contribution is -2.46. The summed E-state index contributed by atoms with van der Waals surface area (Å²) in [5.74, 6) is 0. The lowest BCUT2D eigenvalue weighted by atomic mass is 10.2. The molecular weight excluding hydrogens is 364 g/mol. The summed E-state index contributed by atoms with van der Waals surface area (Å²) in [5, 5.41) is 8.94. The van der Waals surface area contributed by atoms with E-state index in [1.807, 2.05) is 0 Å². The number of halogens is 2. The van der Waals surface area contributed by atoms with E-state index < -0.39 is 16.4 Å². The van der Waals surface area contributed by atoms with Crippen molar-refractivity contribution in [3.05, 3.63) is 41.7 Å². The molecule has 0 atom stereocenters. The van der Waals surface area contributed by atoms with Crippen LogP contribution in [0, 0.1) is 0 Å². The zero-order chi connectivity index (χ0) is 18.9. The predicted octanol–water partition coefficient (Wildman–Crippen LogP) is 1.33. The maximum atomic E-state index is 13.0. The number of primary sulfonamides is 1. The molecule has 1 saturated heterocycles. The van der Waals surface area contributed by atoms with Crippen molar-refractivity contribution in [2.24, 2.45) is 12.2 Å². The summed E-state index contributed by atoms with van der Waals surface area (Å²) in [7, 11) is -2.06. The molecule has 0 radical (unpaired) electrons.